The van der Waals surface area contributed by atoms with Crippen LogP contribution in [0.4, 0.5) is 18.9 Å². The highest BCUT2D eigenvalue weighted by Crippen LogP contribution is 2.38. The van der Waals surface area contributed by atoms with Crippen molar-refractivity contribution in [3.8, 4) is 0 Å². The van der Waals surface area contributed by atoms with Gasteiger partial charge < -0.3 is 5.32 Å². The van der Waals surface area contributed by atoms with Crippen molar-refractivity contribution in [1.82, 2.24) is 0 Å². The number of benzene rings is 1. The van der Waals surface area contributed by atoms with Gasteiger partial charge >= 0.3 is 26.2 Å². The van der Waals surface area contributed by atoms with E-state index in [0.717, 1.165) is 29.1 Å². The number of hydrogen-bond acceptors (Lipinski definition) is 4. The molecule has 144 valence electrons. The number of nitro groups is 1. The van der Waals surface area contributed by atoms with Gasteiger partial charge in [0.05, 0.1) is 16.6 Å². The van der Waals surface area contributed by atoms with Crippen molar-refractivity contribution in [1.29, 1.82) is 0 Å². The molecule has 7 nitrogen and oxygen atoms in total. The first-order valence-electron chi connectivity index (χ1n) is 6.52. The Morgan fingerprint density at radius 1 is 1.31 bits per heavy atom. The van der Waals surface area contributed by atoms with Gasteiger partial charge in [0.1, 0.15) is 9.68 Å². The van der Waals surface area contributed by atoms with Crippen molar-refractivity contribution in [2.45, 2.75) is 16.9 Å². The predicted octanol–water partition coefficient (Wildman–Crippen LogP) is 4.80. The highest BCUT2D eigenvalue weighted by Gasteiger charge is 2.32. The Hall–Kier alpha value is -1.73. The Balaban J connectivity index is 0.000000260. The Labute approximate surface area is 153 Å². The fourth-order valence-corrected chi connectivity index (χ4v) is 4.69. The standard InChI is InChI=1S/C9H9F3N.C4H2ClNO5S2/c1-13-6-7-2-4-8(5-3-7)9(10,11)12;5-12-2-3(6(7)8)1-4(12)13(9,10)11/h2-5H,6H2,1H3;1-2H/q-1;/p+1. The van der Waals surface area contributed by atoms with E-state index in [2.05, 4.69) is 5.32 Å². The maximum atomic E-state index is 12.1. The van der Waals surface area contributed by atoms with Crippen LogP contribution in [0.1, 0.15) is 11.1 Å². The third-order valence-electron chi connectivity index (χ3n) is 2.77. The molecular weight excluding hydrogens is 421 g/mol. The zero-order valence-electron chi connectivity index (χ0n) is 13.0. The van der Waals surface area contributed by atoms with Crippen LogP contribution in [0, 0.1) is 10.1 Å². The normalized spacial score (nSPS) is 12.3. The van der Waals surface area contributed by atoms with Gasteiger partial charge in [0.25, 0.3) is 0 Å². The van der Waals surface area contributed by atoms with E-state index in [1.165, 1.54) is 12.1 Å². The van der Waals surface area contributed by atoms with Crippen molar-refractivity contribution < 1.29 is 31.1 Å². The summed E-state index contributed by atoms with van der Waals surface area (Å²) in [6.07, 6.45) is -4.25. The van der Waals surface area contributed by atoms with Gasteiger partial charge in [-0.25, -0.2) is 0 Å². The first-order chi connectivity index (χ1) is 11.9. The van der Waals surface area contributed by atoms with Crippen LogP contribution >= 0.6 is 20.4 Å². The van der Waals surface area contributed by atoms with E-state index in [1.807, 2.05) is 0 Å². The van der Waals surface area contributed by atoms with Crippen LogP contribution in [0.15, 0.2) is 39.9 Å². The van der Waals surface area contributed by atoms with Crippen LogP contribution in [0.2, 0.25) is 0 Å². The summed E-state index contributed by atoms with van der Waals surface area (Å²) >= 11 is 0. The molecule has 1 unspecified atom stereocenters. The van der Waals surface area contributed by atoms with Gasteiger partial charge in [-0.1, -0.05) is 17.7 Å². The molecule has 2 aromatic rings. The summed E-state index contributed by atoms with van der Waals surface area (Å²) in [5.41, 5.74) is -0.256. The predicted molar refractivity (Wildman–Crippen MR) is 91.1 cm³/mol. The van der Waals surface area contributed by atoms with Crippen LogP contribution in [-0.4, -0.2) is 24.9 Å². The lowest BCUT2D eigenvalue weighted by atomic mass is 10.1. The lowest BCUT2D eigenvalue weighted by Gasteiger charge is -2.12. The Bertz CT molecular complexity index is 867. The molecule has 0 aliphatic carbocycles. The van der Waals surface area contributed by atoms with Crippen molar-refractivity contribution in [3.63, 3.8) is 0 Å². The summed E-state index contributed by atoms with van der Waals surface area (Å²) in [4.78, 5) is 9.40. The first kappa shape index (κ1) is 22.3. The average molecular weight is 433 g/mol. The molecule has 1 N–H and O–H groups in total. The van der Waals surface area contributed by atoms with Crippen LogP contribution < -0.4 is 0 Å². The highest BCUT2D eigenvalue weighted by molar-refractivity contribution is 7.91. The lowest BCUT2D eigenvalue weighted by Crippen LogP contribution is -2.04. The second-order valence-electron chi connectivity index (χ2n) is 4.69. The van der Waals surface area contributed by atoms with Gasteiger partial charge in [-0.2, -0.15) is 28.6 Å². The monoisotopic (exact) mass is 432 g/mol. The summed E-state index contributed by atoms with van der Waals surface area (Å²) in [7, 11) is 1.19. The fourth-order valence-electron chi connectivity index (χ4n) is 1.63. The van der Waals surface area contributed by atoms with Crippen LogP contribution in [-0.2, 0) is 22.8 Å². The minimum Gasteiger partial charge on any atom is -0.661 e. The topological polar surface area (TPSA) is 112 Å². The molecule has 0 radical (unpaired) electrons. The number of nitrogens with zero attached hydrogens (tertiary/aromatic N) is 2. The van der Waals surface area contributed by atoms with Crippen molar-refractivity contribution in [2.24, 2.45) is 0 Å². The second-order valence-corrected chi connectivity index (χ2v) is 8.58. The van der Waals surface area contributed by atoms with E-state index >= 15 is 0 Å². The summed E-state index contributed by atoms with van der Waals surface area (Å²) in [5.74, 6) is 0. The summed E-state index contributed by atoms with van der Waals surface area (Å²) in [6, 6.07) is 5.76. The zero-order chi connectivity index (χ0) is 20.1. The Morgan fingerprint density at radius 2 is 1.85 bits per heavy atom. The Morgan fingerprint density at radius 3 is 2.15 bits per heavy atom. The average Bonchev–Trinajstić information content (AvgIpc) is 2.90. The number of hydrogen-bond donors (Lipinski definition) is 1. The maximum Gasteiger partial charge on any atom is 0.416 e. The molecule has 1 heterocycles. The van der Waals surface area contributed by atoms with Crippen LogP contribution in [0.25, 0.3) is 5.32 Å². The number of rotatable bonds is 4. The van der Waals surface area contributed by atoms with Gasteiger partial charge in [-0.3, -0.25) is 14.7 Å². The van der Waals surface area contributed by atoms with Crippen molar-refractivity contribution >= 4 is 36.2 Å². The molecule has 0 aliphatic rings. The summed E-state index contributed by atoms with van der Waals surface area (Å²) in [6.45, 7) is 0.456. The molecule has 1 atom stereocenters. The highest BCUT2D eigenvalue weighted by atomic mass is 35.7. The van der Waals surface area contributed by atoms with E-state index in [-0.39, 0.29) is 0 Å². The third-order valence-corrected chi connectivity index (χ3v) is 6.56. The van der Waals surface area contributed by atoms with Crippen molar-refractivity contribution in [3.05, 3.63) is 62.3 Å². The lowest BCUT2D eigenvalue weighted by molar-refractivity contribution is -0.384. The van der Waals surface area contributed by atoms with Gasteiger partial charge in [-0.15, -0.1) is 6.54 Å². The molecule has 0 spiro atoms. The quantitative estimate of drug-likeness (QED) is 0.323. The SMILES string of the molecule is C[N-]Cc1ccc(C(F)(F)F)cc1.O=[N+]([O-])c1cc(S(=O)(=O)O)[s+](Cl)c1. The number of halogens is 4. The van der Waals surface area contributed by atoms with Crippen LogP contribution in [0.3, 0.4) is 0 Å². The molecule has 2 rings (SSSR count). The van der Waals surface area contributed by atoms with E-state index in [1.54, 1.807) is 7.05 Å². The summed E-state index contributed by atoms with van der Waals surface area (Å²) < 4.78 is 65.4. The molecular formula is C13H12ClF3N2O5S2. The molecule has 0 saturated carbocycles. The largest absolute Gasteiger partial charge is 0.661 e. The fraction of sp³-hybridized carbons (Fsp3) is 0.231. The minimum absolute atomic E-state index is 0.425. The van der Waals surface area contributed by atoms with E-state index < -0.39 is 46.4 Å². The molecule has 0 saturated heterocycles. The van der Waals surface area contributed by atoms with Crippen molar-refractivity contribution in [2.75, 3.05) is 7.05 Å². The molecule has 0 fully saturated rings. The molecule has 26 heavy (non-hydrogen) atoms. The van der Waals surface area contributed by atoms with E-state index in [0.29, 0.717) is 6.54 Å². The van der Waals surface area contributed by atoms with E-state index in [4.69, 9.17) is 15.2 Å². The smallest absolute Gasteiger partial charge is 0.416 e. The second kappa shape index (κ2) is 8.77. The first-order valence-corrected chi connectivity index (χ1v) is 10.1. The molecule has 1 aromatic carbocycles. The van der Waals surface area contributed by atoms with Gasteiger partial charge in [0.2, 0.25) is 16.1 Å². The molecule has 1 aromatic heterocycles. The minimum atomic E-state index is -4.43. The molecule has 13 heteroatoms. The Kier molecular flexibility index (Phi) is 7.53. The number of alkyl halides is 3. The molecule has 0 amide bonds. The van der Waals surface area contributed by atoms with Gasteiger partial charge in [0, 0.05) is 0 Å². The number of thiophene rings is 1. The molecule has 0 aliphatic heterocycles. The molecule has 0 bridgehead atoms. The van der Waals surface area contributed by atoms with Gasteiger partial charge in [0.15, 0.2) is 0 Å². The third kappa shape index (κ3) is 6.53. The zero-order valence-corrected chi connectivity index (χ0v) is 15.4. The van der Waals surface area contributed by atoms with Crippen LogP contribution in [0.5, 0.6) is 0 Å². The summed E-state index contributed by atoms with van der Waals surface area (Å²) in [5, 5.41) is 15.0. The van der Waals surface area contributed by atoms with Gasteiger partial charge in [-0.05, 0) is 12.1 Å². The van der Waals surface area contributed by atoms with E-state index in [9.17, 15) is 31.7 Å². The maximum absolute atomic E-state index is 12.1.